The van der Waals surface area contributed by atoms with Gasteiger partial charge in [-0.15, -0.1) is 10.2 Å². The highest BCUT2D eigenvalue weighted by molar-refractivity contribution is 5.36. The van der Waals surface area contributed by atoms with Gasteiger partial charge in [0.15, 0.2) is 11.5 Å². The lowest BCUT2D eigenvalue weighted by Crippen LogP contribution is -2.39. The Kier molecular flexibility index (Phi) is 2.63. The van der Waals surface area contributed by atoms with Crippen LogP contribution in [-0.4, -0.2) is 20.6 Å². The maximum absolute atomic E-state index is 4.34. The van der Waals surface area contributed by atoms with E-state index in [0.717, 1.165) is 41.7 Å². The molecule has 4 nitrogen and oxygen atoms in total. The molecule has 0 amide bonds. The number of hydrogen-bond acceptors (Lipinski definition) is 3. The zero-order valence-electron chi connectivity index (χ0n) is 12.3. The molecule has 2 aromatic rings. The van der Waals surface area contributed by atoms with Crippen molar-refractivity contribution in [3.8, 4) is 0 Å². The summed E-state index contributed by atoms with van der Waals surface area (Å²) in [5.41, 5.74) is 0.943. The Balaban J connectivity index is 1.31. The third kappa shape index (κ3) is 1.78. The van der Waals surface area contributed by atoms with E-state index in [2.05, 4.69) is 26.1 Å². The second kappa shape index (κ2) is 4.54. The van der Waals surface area contributed by atoms with Gasteiger partial charge in [0.05, 0.1) is 6.54 Å². The third-order valence-electron chi connectivity index (χ3n) is 6.34. The van der Waals surface area contributed by atoms with Crippen LogP contribution in [0.1, 0.15) is 37.9 Å². The number of nitrogens with zero attached hydrogens (tertiary/aromatic N) is 3. The van der Waals surface area contributed by atoms with Crippen molar-refractivity contribution in [3.63, 3.8) is 0 Å². The number of fused-ring (bicyclic) bond motifs is 6. The Morgan fingerprint density at radius 1 is 1.10 bits per heavy atom. The SMILES string of the molecule is c1ccn2c(CN[C@@H]3C[C@H]4C[C@@H]3[C@H]3CCC[C@H]43)nnc2c1. The minimum Gasteiger partial charge on any atom is -0.307 e. The van der Waals surface area contributed by atoms with Crippen LogP contribution >= 0.6 is 0 Å². The highest BCUT2D eigenvalue weighted by Crippen LogP contribution is 2.58. The topological polar surface area (TPSA) is 42.2 Å². The van der Waals surface area contributed by atoms with E-state index >= 15 is 0 Å². The predicted molar refractivity (Wildman–Crippen MR) is 80.7 cm³/mol. The Hall–Kier alpha value is -1.42. The molecular formula is C17H22N4. The molecule has 3 saturated carbocycles. The molecule has 2 bridgehead atoms. The van der Waals surface area contributed by atoms with Crippen molar-refractivity contribution in [1.29, 1.82) is 0 Å². The molecule has 110 valence electrons. The number of aromatic nitrogens is 3. The number of hydrogen-bond donors (Lipinski definition) is 1. The van der Waals surface area contributed by atoms with Gasteiger partial charge in [-0.25, -0.2) is 0 Å². The average Bonchev–Trinajstić information content (AvgIpc) is 3.25. The van der Waals surface area contributed by atoms with Gasteiger partial charge < -0.3 is 5.32 Å². The van der Waals surface area contributed by atoms with Crippen molar-refractivity contribution in [2.75, 3.05) is 0 Å². The van der Waals surface area contributed by atoms with Crippen LogP contribution in [0.25, 0.3) is 5.65 Å². The number of rotatable bonds is 3. The van der Waals surface area contributed by atoms with E-state index in [1.807, 2.05) is 18.2 Å². The van der Waals surface area contributed by atoms with Crippen molar-refractivity contribution < 1.29 is 0 Å². The molecule has 5 atom stereocenters. The highest BCUT2D eigenvalue weighted by Gasteiger charge is 2.53. The maximum atomic E-state index is 4.34. The molecule has 3 aliphatic rings. The van der Waals surface area contributed by atoms with Gasteiger partial charge in [0.2, 0.25) is 0 Å². The van der Waals surface area contributed by atoms with E-state index in [1.54, 1.807) is 0 Å². The molecule has 0 aromatic carbocycles. The fourth-order valence-corrected chi connectivity index (χ4v) is 5.54. The first-order valence-corrected chi connectivity index (χ1v) is 8.42. The van der Waals surface area contributed by atoms with E-state index in [1.165, 1.54) is 32.1 Å². The van der Waals surface area contributed by atoms with Crippen LogP contribution in [0.2, 0.25) is 0 Å². The fraction of sp³-hybridized carbons (Fsp3) is 0.647. The van der Waals surface area contributed by atoms with E-state index in [-0.39, 0.29) is 0 Å². The first kappa shape index (κ1) is 12.2. The van der Waals surface area contributed by atoms with Crippen LogP contribution in [0.15, 0.2) is 24.4 Å². The van der Waals surface area contributed by atoms with Crippen molar-refractivity contribution >= 4 is 5.65 Å². The number of pyridine rings is 1. The summed E-state index contributed by atoms with van der Waals surface area (Å²) in [6.45, 7) is 0.844. The van der Waals surface area contributed by atoms with Gasteiger partial charge in [0.25, 0.3) is 0 Å². The zero-order chi connectivity index (χ0) is 13.8. The molecule has 4 heteroatoms. The molecule has 2 aromatic heterocycles. The first-order chi connectivity index (χ1) is 10.4. The lowest BCUT2D eigenvalue weighted by atomic mass is 9.79. The standard InChI is InChI=1S/C17H22N4/c1-2-7-21-16(6-1)19-20-17(21)10-18-15-9-11-8-14(15)13-5-3-4-12(11)13/h1-2,6-7,11-15,18H,3-5,8-10H2/t11-,12-,13+,14-,15-/m1/s1. The summed E-state index contributed by atoms with van der Waals surface area (Å²) in [5, 5.41) is 12.4. The summed E-state index contributed by atoms with van der Waals surface area (Å²) in [6, 6.07) is 6.78. The van der Waals surface area contributed by atoms with Gasteiger partial charge in [-0.1, -0.05) is 12.5 Å². The van der Waals surface area contributed by atoms with Gasteiger partial charge in [-0.05, 0) is 61.5 Å². The second-order valence-electron chi connectivity index (χ2n) is 7.19. The summed E-state index contributed by atoms with van der Waals surface area (Å²) in [6.07, 6.45) is 9.39. The Bertz CT molecular complexity index is 664. The van der Waals surface area contributed by atoms with Crippen LogP contribution in [0.3, 0.4) is 0 Å². The van der Waals surface area contributed by atoms with Crippen LogP contribution in [0.4, 0.5) is 0 Å². The fourth-order valence-electron chi connectivity index (χ4n) is 5.54. The van der Waals surface area contributed by atoms with Crippen LogP contribution in [0.5, 0.6) is 0 Å². The van der Waals surface area contributed by atoms with Gasteiger partial charge in [0, 0.05) is 12.2 Å². The largest absolute Gasteiger partial charge is 0.307 e. The van der Waals surface area contributed by atoms with E-state index in [4.69, 9.17) is 0 Å². The van der Waals surface area contributed by atoms with E-state index in [9.17, 15) is 0 Å². The Labute approximate surface area is 125 Å². The van der Waals surface area contributed by atoms with Crippen LogP contribution in [-0.2, 0) is 6.54 Å². The molecule has 1 N–H and O–H groups in total. The summed E-state index contributed by atoms with van der Waals surface area (Å²) in [4.78, 5) is 0. The van der Waals surface area contributed by atoms with Gasteiger partial charge in [0.1, 0.15) is 0 Å². The van der Waals surface area contributed by atoms with E-state index in [0.29, 0.717) is 6.04 Å². The maximum Gasteiger partial charge on any atom is 0.160 e. The summed E-state index contributed by atoms with van der Waals surface area (Å²) < 4.78 is 2.10. The molecule has 0 spiro atoms. The summed E-state index contributed by atoms with van der Waals surface area (Å²) in [7, 11) is 0. The summed E-state index contributed by atoms with van der Waals surface area (Å²) >= 11 is 0. The molecule has 0 aliphatic heterocycles. The van der Waals surface area contributed by atoms with Crippen molar-refractivity contribution in [1.82, 2.24) is 19.9 Å². The molecule has 0 saturated heterocycles. The highest BCUT2D eigenvalue weighted by atomic mass is 15.3. The Morgan fingerprint density at radius 2 is 2.05 bits per heavy atom. The van der Waals surface area contributed by atoms with Crippen LogP contribution in [0, 0.1) is 23.7 Å². The van der Waals surface area contributed by atoms with Crippen molar-refractivity contribution in [2.24, 2.45) is 23.7 Å². The molecule has 21 heavy (non-hydrogen) atoms. The molecule has 0 radical (unpaired) electrons. The first-order valence-electron chi connectivity index (χ1n) is 8.42. The number of nitrogens with one attached hydrogen (secondary N) is 1. The second-order valence-corrected chi connectivity index (χ2v) is 7.19. The van der Waals surface area contributed by atoms with Crippen molar-refractivity contribution in [3.05, 3.63) is 30.2 Å². The summed E-state index contributed by atoms with van der Waals surface area (Å²) in [5.74, 6) is 5.08. The normalized spacial score (nSPS) is 37.4. The molecule has 0 unspecified atom stereocenters. The van der Waals surface area contributed by atoms with Crippen molar-refractivity contribution in [2.45, 2.75) is 44.7 Å². The quantitative estimate of drug-likeness (QED) is 0.941. The Morgan fingerprint density at radius 3 is 3.05 bits per heavy atom. The molecule has 3 fully saturated rings. The molecule has 2 heterocycles. The molecule has 5 rings (SSSR count). The van der Waals surface area contributed by atoms with Gasteiger partial charge in [-0.3, -0.25) is 4.40 Å². The lowest BCUT2D eigenvalue weighted by Gasteiger charge is -2.32. The lowest BCUT2D eigenvalue weighted by molar-refractivity contribution is 0.207. The minimum atomic E-state index is 0.713. The van der Waals surface area contributed by atoms with Gasteiger partial charge in [-0.2, -0.15) is 0 Å². The molecule has 3 aliphatic carbocycles. The zero-order valence-corrected chi connectivity index (χ0v) is 12.3. The smallest absolute Gasteiger partial charge is 0.160 e. The minimum absolute atomic E-state index is 0.713. The third-order valence-corrected chi connectivity index (χ3v) is 6.34. The van der Waals surface area contributed by atoms with E-state index < -0.39 is 0 Å². The van der Waals surface area contributed by atoms with Gasteiger partial charge >= 0.3 is 0 Å². The monoisotopic (exact) mass is 282 g/mol. The predicted octanol–water partition coefficient (Wildman–Crippen LogP) is 2.64. The molecular weight excluding hydrogens is 260 g/mol. The average molecular weight is 282 g/mol. The van der Waals surface area contributed by atoms with Crippen LogP contribution < -0.4 is 5.32 Å².